The van der Waals surface area contributed by atoms with Gasteiger partial charge in [-0.3, -0.25) is 9.59 Å². The van der Waals surface area contributed by atoms with Crippen molar-refractivity contribution >= 4 is 23.2 Å². The minimum Gasteiger partial charge on any atom is -0.326 e. The van der Waals surface area contributed by atoms with E-state index in [1.807, 2.05) is 31.2 Å². The van der Waals surface area contributed by atoms with E-state index in [1.165, 1.54) is 5.56 Å². The maximum atomic E-state index is 12.0. The minimum atomic E-state index is -0.147. The number of hydrazone groups is 1. The second kappa shape index (κ2) is 9.77. The van der Waals surface area contributed by atoms with E-state index in [0.717, 1.165) is 18.5 Å². The van der Waals surface area contributed by atoms with Crippen LogP contribution in [-0.4, -0.2) is 17.5 Å². The maximum Gasteiger partial charge on any atom is 0.240 e. The molecule has 0 saturated heterocycles. The summed E-state index contributed by atoms with van der Waals surface area (Å²) in [5, 5.41) is 6.78. The molecule has 0 radical (unpaired) electrons. The molecule has 2 amide bonds. The van der Waals surface area contributed by atoms with Gasteiger partial charge in [-0.1, -0.05) is 39.3 Å². The number of hydrogen-bond acceptors (Lipinski definition) is 3. The highest BCUT2D eigenvalue weighted by Crippen LogP contribution is 2.17. The molecule has 1 aromatic rings. The second-order valence-corrected chi connectivity index (χ2v) is 5.99. The van der Waals surface area contributed by atoms with Gasteiger partial charge in [0.25, 0.3) is 0 Å². The number of amides is 2. The number of unbranched alkanes of at least 4 members (excludes halogenated alkanes) is 1. The lowest BCUT2D eigenvalue weighted by atomic mass is 10.0. The van der Waals surface area contributed by atoms with E-state index in [1.54, 1.807) is 6.92 Å². The minimum absolute atomic E-state index is 0.115. The first kappa shape index (κ1) is 18.9. The summed E-state index contributed by atoms with van der Waals surface area (Å²) in [6.07, 6.45) is 2.42. The van der Waals surface area contributed by atoms with Crippen molar-refractivity contribution in [1.29, 1.82) is 0 Å². The number of carbonyl (C=O) groups is 2. The van der Waals surface area contributed by atoms with Gasteiger partial charge in [0.05, 0.1) is 6.42 Å². The third kappa shape index (κ3) is 7.58. The van der Waals surface area contributed by atoms with Crippen LogP contribution in [0.4, 0.5) is 5.69 Å². The van der Waals surface area contributed by atoms with Gasteiger partial charge in [-0.25, -0.2) is 5.43 Å². The Labute approximate surface area is 138 Å². The van der Waals surface area contributed by atoms with Crippen molar-refractivity contribution in [3.63, 3.8) is 0 Å². The van der Waals surface area contributed by atoms with Crippen molar-refractivity contribution < 1.29 is 9.59 Å². The number of anilines is 1. The summed E-state index contributed by atoms with van der Waals surface area (Å²) in [5.41, 5.74) is 5.05. The lowest BCUT2D eigenvalue weighted by Gasteiger charge is -2.08. The predicted molar refractivity (Wildman–Crippen MR) is 94.6 cm³/mol. The highest BCUT2D eigenvalue weighted by atomic mass is 16.2. The van der Waals surface area contributed by atoms with Gasteiger partial charge in [0.15, 0.2) is 0 Å². The molecule has 0 aromatic heterocycles. The summed E-state index contributed by atoms with van der Waals surface area (Å²) in [5.74, 6) is 0.202. The molecule has 0 aliphatic carbocycles. The smallest absolute Gasteiger partial charge is 0.240 e. The van der Waals surface area contributed by atoms with Crippen LogP contribution in [0.2, 0.25) is 0 Å². The van der Waals surface area contributed by atoms with Crippen molar-refractivity contribution in [3.8, 4) is 0 Å². The molecular formula is C18H27N3O2. The van der Waals surface area contributed by atoms with Gasteiger partial charge >= 0.3 is 0 Å². The summed E-state index contributed by atoms with van der Waals surface area (Å²) in [4.78, 5) is 23.4. The van der Waals surface area contributed by atoms with Crippen molar-refractivity contribution in [3.05, 3.63) is 29.8 Å². The van der Waals surface area contributed by atoms with Gasteiger partial charge in [-0.05, 0) is 37.0 Å². The second-order valence-electron chi connectivity index (χ2n) is 5.99. The quantitative estimate of drug-likeness (QED) is 0.565. The molecule has 5 nitrogen and oxygen atoms in total. The van der Waals surface area contributed by atoms with Crippen molar-refractivity contribution in [2.45, 2.75) is 59.3 Å². The average molecular weight is 317 g/mol. The van der Waals surface area contributed by atoms with E-state index in [2.05, 4.69) is 29.7 Å². The third-order valence-corrected chi connectivity index (χ3v) is 3.41. The van der Waals surface area contributed by atoms with Crippen LogP contribution in [0.15, 0.2) is 29.4 Å². The Hall–Kier alpha value is -2.17. The zero-order valence-corrected chi connectivity index (χ0v) is 14.5. The van der Waals surface area contributed by atoms with E-state index in [9.17, 15) is 9.59 Å². The highest BCUT2D eigenvalue weighted by molar-refractivity contribution is 6.05. The standard InChI is InChI=1S/C18H27N3O2/c1-5-6-7-17(22)21-20-14(4)12-18(23)19-16-10-8-15(9-11-16)13(2)3/h8-11,13H,5-7,12H2,1-4H3,(H,19,23)(H,21,22). The van der Waals surface area contributed by atoms with Crippen LogP contribution >= 0.6 is 0 Å². The number of rotatable bonds is 8. The molecule has 0 aliphatic rings. The normalized spacial score (nSPS) is 11.4. The third-order valence-electron chi connectivity index (χ3n) is 3.41. The van der Waals surface area contributed by atoms with Crippen molar-refractivity contribution in [2.24, 2.45) is 5.10 Å². The van der Waals surface area contributed by atoms with Crippen molar-refractivity contribution in [2.75, 3.05) is 5.32 Å². The fourth-order valence-corrected chi connectivity index (χ4v) is 1.98. The number of carbonyl (C=O) groups excluding carboxylic acids is 2. The first-order chi connectivity index (χ1) is 10.9. The van der Waals surface area contributed by atoms with E-state index in [0.29, 0.717) is 18.1 Å². The van der Waals surface area contributed by atoms with E-state index in [4.69, 9.17) is 0 Å². The van der Waals surface area contributed by atoms with E-state index >= 15 is 0 Å². The Morgan fingerprint density at radius 2 is 1.78 bits per heavy atom. The molecule has 126 valence electrons. The Bertz CT molecular complexity index is 548. The Kier molecular flexibility index (Phi) is 8.02. The molecular weight excluding hydrogens is 290 g/mol. The Balaban J connectivity index is 2.44. The molecule has 0 bridgehead atoms. The van der Waals surface area contributed by atoms with Crippen molar-refractivity contribution in [1.82, 2.24) is 5.43 Å². The monoisotopic (exact) mass is 317 g/mol. The average Bonchev–Trinajstić information content (AvgIpc) is 2.51. The summed E-state index contributed by atoms with van der Waals surface area (Å²) in [7, 11) is 0. The molecule has 0 spiro atoms. The topological polar surface area (TPSA) is 70.6 Å². The molecule has 0 heterocycles. The number of nitrogens with one attached hydrogen (secondary N) is 2. The number of nitrogens with zero attached hydrogens (tertiary/aromatic N) is 1. The zero-order valence-electron chi connectivity index (χ0n) is 14.5. The molecule has 5 heteroatoms. The summed E-state index contributed by atoms with van der Waals surface area (Å²) >= 11 is 0. The molecule has 1 aromatic carbocycles. The summed E-state index contributed by atoms with van der Waals surface area (Å²) in [6, 6.07) is 7.81. The van der Waals surface area contributed by atoms with Gasteiger partial charge in [0, 0.05) is 17.8 Å². The predicted octanol–water partition coefficient (Wildman–Crippen LogP) is 3.82. The summed E-state index contributed by atoms with van der Waals surface area (Å²) in [6.45, 7) is 8.01. The first-order valence-corrected chi connectivity index (χ1v) is 8.14. The van der Waals surface area contributed by atoms with E-state index < -0.39 is 0 Å². The number of benzene rings is 1. The Morgan fingerprint density at radius 3 is 2.35 bits per heavy atom. The Morgan fingerprint density at radius 1 is 1.13 bits per heavy atom. The van der Waals surface area contributed by atoms with Gasteiger partial charge in [0.1, 0.15) is 0 Å². The summed E-state index contributed by atoms with van der Waals surface area (Å²) < 4.78 is 0. The van der Waals surface area contributed by atoms with Crippen LogP contribution in [0.25, 0.3) is 0 Å². The van der Waals surface area contributed by atoms with Crippen LogP contribution in [0.3, 0.4) is 0 Å². The molecule has 0 fully saturated rings. The molecule has 0 atom stereocenters. The van der Waals surface area contributed by atoms with Gasteiger partial charge in [-0.15, -0.1) is 0 Å². The maximum absolute atomic E-state index is 12.0. The van der Waals surface area contributed by atoms with Gasteiger partial charge in [0.2, 0.25) is 11.8 Å². The molecule has 23 heavy (non-hydrogen) atoms. The largest absolute Gasteiger partial charge is 0.326 e. The number of hydrogen-bond donors (Lipinski definition) is 2. The van der Waals surface area contributed by atoms with E-state index in [-0.39, 0.29) is 18.2 Å². The highest BCUT2D eigenvalue weighted by Gasteiger charge is 2.06. The van der Waals surface area contributed by atoms with Crippen LogP contribution < -0.4 is 10.7 Å². The van der Waals surface area contributed by atoms with Crippen LogP contribution in [-0.2, 0) is 9.59 Å². The molecule has 0 unspecified atom stereocenters. The van der Waals surface area contributed by atoms with Crippen LogP contribution in [0.5, 0.6) is 0 Å². The van der Waals surface area contributed by atoms with Crippen LogP contribution in [0, 0.1) is 0 Å². The van der Waals surface area contributed by atoms with Gasteiger partial charge < -0.3 is 5.32 Å². The molecule has 2 N–H and O–H groups in total. The SMILES string of the molecule is CCCCC(=O)NN=C(C)CC(=O)Nc1ccc(C(C)C)cc1. The lowest BCUT2D eigenvalue weighted by Crippen LogP contribution is -2.21. The van der Waals surface area contributed by atoms with Crippen LogP contribution in [0.1, 0.15) is 64.9 Å². The molecule has 1 rings (SSSR count). The fraction of sp³-hybridized carbons (Fsp3) is 0.500. The zero-order chi connectivity index (χ0) is 17.2. The fourth-order valence-electron chi connectivity index (χ4n) is 1.98. The lowest BCUT2D eigenvalue weighted by molar-refractivity contribution is -0.121. The first-order valence-electron chi connectivity index (χ1n) is 8.14. The molecule has 0 saturated carbocycles. The molecule has 0 aliphatic heterocycles. The van der Waals surface area contributed by atoms with Gasteiger partial charge in [-0.2, -0.15) is 5.10 Å².